The third-order valence-electron chi connectivity index (χ3n) is 2.11. The van der Waals surface area contributed by atoms with Crippen LogP contribution in [0, 0.1) is 6.92 Å². The third kappa shape index (κ3) is 3.43. The maximum absolute atomic E-state index is 6.01. The molecule has 0 saturated heterocycles. The van der Waals surface area contributed by atoms with Gasteiger partial charge in [0.15, 0.2) is 0 Å². The Balaban J connectivity index is 2.46. The zero-order valence-corrected chi connectivity index (χ0v) is 10.2. The van der Waals surface area contributed by atoms with Gasteiger partial charge in [0.05, 0.1) is 0 Å². The van der Waals surface area contributed by atoms with E-state index in [0.29, 0.717) is 0 Å². The second-order valence-corrected chi connectivity index (χ2v) is 4.58. The molecule has 0 amide bonds. The molecular weight excluding hydrogens is 214 g/mol. The zero-order valence-electron chi connectivity index (χ0n) is 8.64. The lowest BCUT2D eigenvalue weighted by Crippen LogP contribution is -2.03. The Kier molecular flexibility index (Phi) is 5.20. The quantitative estimate of drug-likeness (QED) is 0.771. The predicted octanol–water partition coefficient (Wildman–Crippen LogP) is 3.81. The number of halogens is 1. The van der Waals surface area contributed by atoms with Crippen molar-refractivity contribution in [1.82, 2.24) is 0 Å². The van der Waals surface area contributed by atoms with Crippen LogP contribution in [0.3, 0.4) is 0 Å². The van der Waals surface area contributed by atoms with Gasteiger partial charge in [-0.05, 0) is 43.0 Å². The number of hydrogen-bond acceptors (Lipinski definition) is 2. The maximum Gasteiger partial charge on any atom is 0.0455 e. The average Bonchev–Trinajstić information content (AvgIpc) is 2.19. The average molecular weight is 230 g/mol. The minimum absolute atomic E-state index is 0.833. The second kappa shape index (κ2) is 6.20. The maximum atomic E-state index is 6.01. The van der Waals surface area contributed by atoms with Crippen LogP contribution < -0.4 is 5.32 Å². The third-order valence-corrected chi connectivity index (χ3v) is 3.21. The van der Waals surface area contributed by atoms with E-state index in [0.717, 1.165) is 22.8 Å². The first kappa shape index (κ1) is 11.7. The van der Waals surface area contributed by atoms with Crippen molar-refractivity contribution in [2.45, 2.75) is 13.3 Å². The summed E-state index contributed by atoms with van der Waals surface area (Å²) in [6.45, 7) is 3.06. The van der Waals surface area contributed by atoms with Gasteiger partial charge >= 0.3 is 0 Å². The molecule has 1 aromatic rings. The molecule has 1 aromatic carbocycles. The minimum atomic E-state index is 0.833. The van der Waals surface area contributed by atoms with E-state index < -0.39 is 0 Å². The Morgan fingerprint density at radius 2 is 2.21 bits per heavy atom. The van der Waals surface area contributed by atoms with E-state index in [1.165, 1.54) is 12.2 Å². The molecule has 1 rings (SSSR count). The van der Waals surface area contributed by atoms with Crippen molar-refractivity contribution in [3.05, 3.63) is 28.8 Å². The number of rotatable bonds is 5. The summed E-state index contributed by atoms with van der Waals surface area (Å²) >= 11 is 7.89. The van der Waals surface area contributed by atoms with E-state index in [1.807, 2.05) is 30.8 Å². The summed E-state index contributed by atoms with van der Waals surface area (Å²) in [6.07, 6.45) is 3.32. The molecule has 0 spiro atoms. The summed E-state index contributed by atoms with van der Waals surface area (Å²) in [5, 5.41) is 4.22. The van der Waals surface area contributed by atoms with Crippen LogP contribution in [0.25, 0.3) is 0 Å². The van der Waals surface area contributed by atoms with Crippen LogP contribution in [0.2, 0.25) is 5.02 Å². The van der Waals surface area contributed by atoms with E-state index in [9.17, 15) is 0 Å². The van der Waals surface area contributed by atoms with Gasteiger partial charge in [-0.25, -0.2) is 0 Å². The highest BCUT2D eigenvalue weighted by Crippen LogP contribution is 2.22. The molecule has 0 unspecified atom stereocenters. The Morgan fingerprint density at radius 1 is 1.43 bits per heavy atom. The molecular formula is C11H16ClNS. The molecule has 1 nitrogen and oxygen atoms in total. The van der Waals surface area contributed by atoms with E-state index >= 15 is 0 Å². The molecule has 0 aliphatic rings. The SMILES string of the molecule is CSCCCNc1cccc(Cl)c1C. The highest BCUT2D eigenvalue weighted by Gasteiger charge is 2.00. The van der Waals surface area contributed by atoms with Crippen molar-refractivity contribution in [1.29, 1.82) is 0 Å². The summed E-state index contributed by atoms with van der Waals surface area (Å²) in [6, 6.07) is 5.97. The van der Waals surface area contributed by atoms with E-state index in [4.69, 9.17) is 11.6 Å². The molecule has 1 N–H and O–H groups in total. The summed E-state index contributed by atoms with van der Waals surface area (Å²) in [5.41, 5.74) is 2.29. The number of nitrogens with one attached hydrogen (secondary N) is 1. The molecule has 0 heterocycles. The van der Waals surface area contributed by atoms with Crippen LogP contribution >= 0.6 is 23.4 Å². The summed E-state index contributed by atoms with van der Waals surface area (Å²) in [5.74, 6) is 1.20. The van der Waals surface area contributed by atoms with E-state index in [-0.39, 0.29) is 0 Å². The first-order valence-corrected chi connectivity index (χ1v) is 6.51. The van der Waals surface area contributed by atoms with E-state index in [2.05, 4.69) is 17.6 Å². The van der Waals surface area contributed by atoms with Gasteiger partial charge in [-0.1, -0.05) is 17.7 Å². The molecule has 78 valence electrons. The van der Waals surface area contributed by atoms with Crippen molar-refractivity contribution in [3.63, 3.8) is 0 Å². The van der Waals surface area contributed by atoms with Gasteiger partial charge in [0.2, 0.25) is 0 Å². The molecule has 0 fully saturated rings. The molecule has 0 bridgehead atoms. The fourth-order valence-electron chi connectivity index (χ4n) is 1.24. The van der Waals surface area contributed by atoms with Gasteiger partial charge in [0, 0.05) is 17.3 Å². The lowest BCUT2D eigenvalue weighted by Gasteiger charge is -2.09. The highest BCUT2D eigenvalue weighted by molar-refractivity contribution is 7.98. The molecule has 0 aliphatic heterocycles. The predicted molar refractivity (Wildman–Crippen MR) is 67.7 cm³/mol. The molecule has 0 saturated carbocycles. The van der Waals surface area contributed by atoms with Crippen molar-refractivity contribution in [2.24, 2.45) is 0 Å². The molecule has 14 heavy (non-hydrogen) atoms. The topological polar surface area (TPSA) is 12.0 Å². The zero-order chi connectivity index (χ0) is 10.4. The number of benzene rings is 1. The van der Waals surface area contributed by atoms with Gasteiger partial charge in [0.25, 0.3) is 0 Å². The smallest absolute Gasteiger partial charge is 0.0455 e. The Hall–Kier alpha value is -0.340. The molecule has 3 heteroatoms. The lowest BCUT2D eigenvalue weighted by atomic mass is 10.2. The molecule has 0 aromatic heterocycles. The van der Waals surface area contributed by atoms with Gasteiger partial charge in [-0.2, -0.15) is 11.8 Å². The van der Waals surface area contributed by atoms with Crippen molar-refractivity contribution >= 4 is 29.1 Å². The first-order chi connectivity index (χ1) is 6.75. The van der Waals surface area contributed by atoms with Crippen LogP contribution in [0.5, 0.6) is 0 Å². The Bertz CT molecular complexity index is 289. The van der Waals surface area contributed by atoms with Crippen molar-refractivity contribution in [2.75, 3.05) is 23.9 Å². The van der Waals surface area contributed by atoms with Crippen LogP contribution in [-0.2, 0) is 0 Å². The van der Waals surface area contributed by atoms with Gasteiger partial charge in [0.1, 0.15) is 0 Å². The van der Waals surface area contributed by atoms with Crippen LogP contribution in [0.15, 0.2) is 18.2 Å². The normalized spacial score (nSPS) is 10.2. The number of thioether (sulfide) groups is 1. The molecule has 0 atom stereocenters. The summed E-state index contributed by atoms with van der Waals surface area (Å²) in [4.78, 5) is 0. The molecule has 0 aliphatic carbocycles. The van der Waals surface area contributed by atoms with E-state index in [1.54, 1.807) is 0 Å². The lowest BCUT2D eigenvalue weighted by molar-refractivity contribution is 0.991. The Labute approximate surface area is 95.2 Å². The second-order valence-electron chi connectivity index (χ2n) is 3.19. The van der Waals surface area contributed by atoms with Gasteiger partial charge in [-0.15, -0.1) is 0 Å². The minimum Gasteiger partial charge on any atom is -0.385 e. The fraction of sp³-hybridized carbons (Fsp3) is 0.455. The summed E-state index contributed by atoms with van der Waals surface area (Å²) in [7, 11) is 0. The van der Waals surface area contributed by atoms with Crippen molar-refractivity contribution in [3.8, 4) is 0 Å². The largest absolute Gasteiger partial charge is 0.385 e. The highest BCUT2D eigenvalue weighted by atomic mass is 35.5. The monoisotopic (exact) mass is 229 g/mol. The standard InChI is InChI=1S/C11H16ClNS/c1-9-10(12)5-3-6-11(9)13-7-4-8-14-2/h3,5-6,13H,4,7-8H2,1-2H3. The summed E-state index contributed by atoms with van der Waals surface area (Å²) < 4.78 is 0. The van der Waals surface area contributed by atoms with Crippen molar-refractivity contribution < 1.29 is 0 Å². The van der Waals surface area contributed by atoms with Crippen LogP contribution in [0.1, 0.15) is 12.0 Å². The number of hydrogen-bond donors (Lipinski definition) is 1. The number of anilines is 1. The van der Waals surface area contributed by atoms with Gasteiger partial charge < -0.3 is 5.32 Å². The molecule has 0 radical (unpaired) electrons. The first-order valence-electron chi connectivity index (χ1n) is 4.73. The van der Waals surface area contributed by atoms with Gasteiger partial charge in [-0.3, -0.25) is 0 Å². The Morgan fingerprint density at radius 3 is 2.93 bits per heavy atom. The van der Waals surface area contributed by atoms with Crippen LogP contribution in [0.4, 0.5) is 5.69 Å². The van der Waals surface area contributed by atoms with Crippen LogP contribution in [-0.4, -0.2) is 18.6 Å². The fourth-order valence-corrected chi connectivity index (χ4v) is 1.85.